The van der Waals surface area contributed by atoms with Crippen LogP contribution in [0, 0.1) is 5.82 Å². The molecule has 6 heteroatoms. The van der Waals surface area contributed by atoms with Crippen molar-refractivity contribution in [3.8, 4) is 0 Å². The lowest BCUT2D eigenvalue weighted by atomic mass is 10.1. The molecule has 31 heavy (non-hydrogen) atoms. The minimum atomic E-state index is -0.598. The van der Waals surface area contributed by atoms with Crippen LogP contribution in [0.2, 0.25) is 0 Å². The number of nitrogens with one attached hydrogen (secondary N) is 1. The predicted octanol–water partition coefficient (Wildman–Crippen LogP) is 5.11. The van der Waals surface area contributed by atoms with Gasteiger partial charge in [0.2, 0.25) is 0 Å². The zero-order chi connectivity index (χ0) is 22.1. The third-order valence-corrected chi connectivity index (χ3v) is 5.54. The Kier molecular flexibility index (Phi) is 8.12. The van der Waals surface area contributed by atoms with E-state index in [2.05, 4.69) is 17.4 Å². The molecular weight excluding hydrogens is 413 g/mol. The summed E-state index contributed by atoms with van der Waals surface area (Å²) < 4.78 is 18.4. The van der Waals surface area contributed by atoms with Crippen LogP contribution >= 0.6 is 11.3 Å². The number of aryl methyl sites for hydroxylation is 1. The maximum absolute atomic E-state index is 13.2. The van der Waals surface area contributed by atoms with Crippen LogP contribution < -0.4 is 5.32 Å². The number of hydrogen-bond acceptors (Lipinski definition) is 4. The molecule has 0 saturated carbocycles. The monoisotopic (exact) mass is 437 g/mol. The highest BCUT2D eigenvalue weighted by atomic mass is 32.1. The van der Waals surface area contributed by atoms with E-state index in [1.807, 2.05) is 36.6 Å². The van der Waals surface area contributed by atoms with Gasteiger partial charge in [0.15, 0.2) is 6.61 Å². The van der Waals surface area contributed by atoms with E-state index in [1.165, 1.54) is 29.0 Å². The van der Waals surface area contributed by atoms with Crippen molar-refractivity contribution >= 4 is 34.9 Å². The van der Waals surface area contributed by atoms with Gasteiger partial charge in [-0.15, -0.1) is 11.3 Å². The highest BCUT2D eigenvalue weighted by Gasteiger charge is 2.17. The summed E-state index contributed by atoms with van der Waals surface area (Å²) >= 11 is 1.39. The summed E-state index contributed by atoms with van der Waals surface area (Å²) in [5.41, 5.74) is 2.20. The van der Waals surface area contributed by atoms with Gasteiger partial charge in [-0.1, -0.05) is 48.5 Å². The molecule has 2 aromatic carbocycles. The van der Waals surface area contributed by atoms with Crippen LogP contribution in [0.15, 0.2) is 72.1 Å². The van der Waals surface area contributed by atoms with Crippen molar-refractivity contribution in [3.05, 3.63) is 93.9 Å². The number of rotatable bonds is 9. The Morgan fingerprint density at radius 2 is 1.81 bits per heavy atom. The smallest absolute Gasteiger partial charge is 0.340 e. The van der Waals surface area contributed by atoms with E-state index in [1.54, 1.807) is 24.3 Å². The summed E-state index contributed by atoms with van der Waals surface area (Å²) in [5, 5.41) is 4.71. The Bertz CT molecular complexity index is 1010. The van der Waals surface area contributed by atoms with Crippen molar-refractivity contribution in [2.45, 2.75) is 25.8 Å². The predicted molar refractivity (Wildman–Crippen MR) is 122 cm³/mol. The highest BCUT2D eigenvalue weighted by Crippen LogP contribution is 2.24. The molecule has 3 rings (SSSR count). The van der Waals surface area contributed by atoms with Gasteiger partial charge in [0, 0.05) is 10.9 Å². The van der Waals surface area contributed by atoms with Gasteiger partial charge in [-0.05, 0) is 60.5 Å². The SMILES string of the molecule is CC(CCc1ccccc1)NC(=O)COC(=O)C(=Cc1ccc(F)cc1)c1cccs1. The lowest BCUT2D eigenvalue weighted by Crippen LogP contribution is -2.36. The van der Waals surface area contributed by atoms with E-state index < -0.39 is 5.97 Å². The standard InChI is InChI=1S/C25H24FNO3S/c1-18(9-10-19-6-3-2-4-7-19)27-24(28)17-30-25(29)22(23-8-5-15-31-23)16-20-11-13-21(26)14-12-20/h2-8,11-16,18H,9-10,17H2,1H3,(H,27,28). The van der Waals surface area contributed by atoms with Crippen LogP contribution in [0.25, 0.3) is 11.6 Å². The van der Waals surface area contributed by atoms with Crippen LogP contribution in [0.1, 0.15) is 29.3 Å². The van der Waals surface area contributed by atoms with Crippen LogP contribution in [-0.4, -0.2) is 24.5 Å². The Morgan fingerprint density at radius 3 is 2.48 bits per heavy atom. The van der Waals surface area contributed by atoms with Gasteiger partial charge in [0.25, 0.3) is 5.91 Å². The fraction of sp³-hybridized carbons (Fsp3) is 0.200. The van der Waals surface area contributed by atoms with E-state index in [0.717, 1.165) is 12.8 Å². The summed E-state index contributed by atoms with van der Waals surface area (Å²) in [6, 6.07) is 19.4. The van der Waals surface area contributed by atoms with Gasteiger partial charge >= 0.3 is 5.97 Å². The van der Waals surface area contributed by atoms with Gasteiger partial charge in [0.1, 0.15) is 5.82 Å². The average molecular weight is 438 g/mol. The van der Waals surface area contributed by atoms with Crippen molar-refractivity contribution in [2.24, 2.45) is 0 Å². The molecule has 3 aromatic rings. The Morgan fingerprint density at radius 1 is 1.06 bits per heavy atom. The summed E-state index contributed by atoms with van der Waals surface area (Å²) in [4.78, 5) is 25.6. The van der Waals surface area contributed by atoms with Gasteiger partial charge < -0.3 is 10.1 Å². The number of thiophene rings is 1. The van der Waals surface area contributed by atoms with Crippen molar-refractivity contribution in [1.82, 2.24) is 5.32 Å². The quantitative estimate of drug-likeness (QED) is 0.374. The van der Waals surface area contributed by atoms with Crippen molar-refractivity contribution in [1.29, 1.82) is 0 Å². The highest BCUT2D eigenvalue weighted by molar-refractivity contribution is 7.11. The van der Waals surface area contributed by atoms with E-state index >= 15 is 0 Å². The molecule has 0 fully saturated rings. The lowest BCUT2D eigenvalue weighted by Gasteiger charge is -2.14. The fourth-order valence-electron chi connectivity index (χ4n) is 3.01. The van der Waals surface area contributed by atoms with Crippen molar-refractivity contribution in [2.75, 3.05) is 6.61 Å². The zero-order valence-corrected chi connectivity index (χ0v) is 18.0. The molecule has 0 bridgehead atoms. The molecule has 160 valence electrons. The van der Waals surface area contributed by atoms with Gasteiger partial charge in [-0.3, -0.25) is 4.79 Å². The Labute approximate surface area is 185 Å². The number of esters is 1. The number of carbonyl (C=O) groups excluding carboxylic acids is 2. The van der Waals surface area contributed by atoms with Gasteiger partial charge in [-0.2, -0.15) is 0 Å². The molecule has 0 radical (unpaired) electrons. The van der Waals surface area contributed by atoms with Gasteiger partial charge in [0.05, 0.1) is 5.57 Å². The molecule has 1 atom stereocenters. The lowest BCUT2D eigenvalue weighted by molar-refractivity contribution is -0.143. The number of carbonyl (C=O) groups is 2. The molecule has 0 saturated heterocycles. The largest absolute Gasteiger partial charge is 0.452 e. The van der Waals surface area contributed by atoms with Crippen LogP contribution in [0.3, 0.4) is 0 Å². The molecule has 1 unspecified atom stereocenters. The van der Waals surface area contributed by atoms with E-state index in [4.69, 9.17) is 4.74 Å². The molecular formula is C25H24FNO3S. The number of amides is 1. The molecule has 4 nitrogen and oxygen atoms in total. The van der Waals surface area contributed by atoms with Crippen molar-refractivity contribution in [3.63, 3.8) is 0 Å². The molecule has 1 heterocycles. The molecule has 0 spiro atoms. The summed E-state index contributed by atoms with van der Waals surface area (Å²) in [6.07, 6.45) is 3.27. The summed E-state index contributed by atoms with van der Waals surface area (Å²) in [6.45, 7) is 1.56. The molecule has 1 amide bonds. The number of halogens is 1. The second-order valence-corrected chi connectivity index (χ2v) is 8.10. The second-order valence-electron chi connectivity index (χ2n) is 7.16. The normalized spacial score (nSPS) is 12.3. The summed E-state index contributed by atoms with van der Waals surface area (Å²) in [5.74, 6) is -1.30. The van der Waals surface area contributed by atoms with Gasteiger partial charge in [-0.25, -0.2) is 9.18 Å². The van der Waals surface area contributed by atoms with Crippen molar-refractivity contribution < 1.29 is 18.7 Å². The third-order valence-electron chi connectivity index (χ3n) is 4.64. The fourth-order valence-corrected chi connectivity index (χ4v) is 3.74. The topological polar surface area (TPSA) is 55.4 Å². The first-order chi connectivity index (χ1) is 15.0. The maximum Gasteiger partial charge on any atom is 0.340 e. The summed E-state index contributed by atoms with van der Waals surface area (Å²) in [7, 11) is 0. The first-order valence-corrected chi connectivity index (χ1v) is 10.9. The van der Waals surface area contributed by atoms with Crippen LogP contribution in [0.4, 0.5) is 4.39 Å². The molecule has 0 aliphatic carbocycles. The molecule has 1 N–H and O–H groups in total. The Balaban J connectivity index is 1.55. The first-order valence-electron chi connectivity index (χ1n) is 10.0. The Hall–Kier alpha value is -3.25. The first kappa shape index (κ1) is 22.4. The maximum atomic E-state index is 13.2. The van der Waals surface area contributed by atoms with Crippen LogP contribution in [0.5, 0.6) is 0 Å². The minimum Gasteiger partial charge on any atom is -0.452 e. The molecule has 1 aromatic heterocycles. The third kappa shape index (κ3) is 7.19. The average Bonchev–Trinajstić information content (AvgIpc) is 3.31. The van der Waals surface area contributed by atoms with E-state index in [9.17, 15) is 14.0 Å². The number of benzene rings is 2. The molecule has 0 aliphatic heterocycles. The molecule has 0 aliphatic rings. The minimum absolute atomic E-state index is 0.0436. The second kappa shape index (κ2) is 11.2. The van der Waals surface area contributed by atoms with E-state index in [0.29, 0.717) is 16.0 Å². The van der Waals surface area contributed by atoms with E-state index in [-0.39, 0.29) is 24.4 Å². The number of ether oxygens (including phenoxy) is 1. The zero-order valence-electron chi connectivity index (χ0n) is 17.2. The number of hydrogen-bond donors (Lipinski definition) is 1. The van der Waals surface area contributed by atoms with Crippen LogP contribution in [-0.2, 0) is 20.7 Å².